The van der Waals surface area contributed by atoms with Crippen LogP contribution in [0.25, 0.3) is 0 Å². The minimum absolute atomic E-state index is 0.251. The second-order valence-corrected chi connectivity index (χ2v) is 25.0. The predicted octanol–water partition coefficient (Wildman–Crippen LogP) is 9.16. The van der Waals surface area contributed by atoms with Gasteiger partial charge in [-0.25, -0.2) is 0 Å². The quantitative estimate of drug-likeness (QED) is 0.0199. The molecule has 3 aliphatic rings. The van der Waals surface area contributed by atoms with Crippen LogP contribution in [0, 0.1) is 0 Å². The van der Waals surface area contributed by atoms with Gasteiger partial charge >= 0.3 is 0 Å². The smallest absolute Gasteiger partial charge is 0.220 e. The molecule has 0 aromatic heterocycles. The van der Waals surface area contributed by atoms with Crippen molar-refractivity contribution in [1.82, 2.24) is 5.32 Å². The van der Waals surface area contributed by atoms with Crippen molar-refractivity contribution in [3.63, 3.8) is 0 Å². The number of allylic oxidation sites excluding steroid dienone is 10. The third-order valence-corrected chi connectivity index (χ3v) is 17.4. The minimum atomic E-state index is -1.98. The highest BCUT2D eigenvalue weighted by Gasteiger charge is 2.53. The number of unbranched alkanes of at least 4 members (excludes halogenated alkanes) is 27. The van der Waals surface area contributed by atoms with Crippen LogP contribution in [-0.4, -0.2) is 193 Å². The number of amides is 1. The van der Waals surface area contributed by atoms with Gasteiger partial charge in [0.05, 0.1) is 38.6 Å². The van der Waals surface area contributed by atoms with Crippen molar-refractivity contribution in [1.29, 1.82) is 0 Å². The molecule has 17 unspecified atom stereocenters. The lowest BCUT2D eigenvalue weighted by Gasteiger charge is -2.48. The SMILES string of the molecule is CC/C=C\C/C=C\C/C=C\C/C=C\C/C=C\CCCCCCCCCC(=O)NC(COC1OC(CO)C(OC2OC(CO)C(OC3OC(CO)C(O)C(O)C3O)C(O)C2O)C(O)C1O)C(O)CCCCCCCCCCCCCCCCCCCCCCC. The van der Waals surface area contributed by atoms with Crippen LogP contribution in [0.2, 0.25) is 0 Å². The van der Waals surface area contributed by atoms with Crippen molar-refractivity contribution in [3.8, 4) is 0 Å². The average Bonchev–Trinajstić information content (AvgIpc) is 2.09. The molecule has 1 amide bonds. The summed E-state index contributed by atoms with van der Waals surface area (Å²) in [6, 6.07) is -0.897. The molecular weight excluding hydrogens is 1140 g/mol. The van der Waals surface area contributed by atoms with Gasteiger partial charge in [0.2, 0.25) is 5.91 Å². The monoisotopic (exact) mass is 1270 g/mol. The van der Waals surface area contributed by atoms with Crippen molar-refractivity contribution in [3.05, 3.63) is 60.8 Å². The Morgan fingerprint density at radius 2 is 0.775 bits per heavy atom. The molecule has 0 saturated carbocycles. The van der Waals surface area contributed by atoms with E-state index in [1.54, 1.807) is 0 Å². The van der Waals surface area contributed by atoms with Gasteiger partial charge in [0.15, 0.2) is 18.9 Å². The second-order valence-electron chi connectivity index (χ2n) is 25.0. The number of aliphatic hydroxyl groups is 11. The van der Waals surface area contributed by atoms with Crippen molar-refractivity contribution >= 4 is 5.91 Å². The fraction of sp³-hybridized carbons (Fsp3) is 0.843. The molecule has 89 heavy (non-hydrogen) atoms. The number of rotatable bonds is 53. The van der Waals surface area contributed by atoms with Gasteiger partial charge in [-0.2, -0.15) is 0 Å². The third kappa shape index (κ3) is 33.9. The normalized spacial score (nSPS) is 28.6. The molecule has 19 heteroatoms. The summed E-state index contributed by atoms with van der Waals surface area (Å²) in [6.07, 6.45) is 35.7. The van der Waals surface area contributed by atoms with E-state index in [2.05, 4.69) is 79.9 Å². The minimum Gasteiger partial charge on any atom is -0.394 e. The Labute approximate surface area is 535 Å². The van der Waals surface area contributed by atoms with E-state index in [4.69, 9.17) is 28.4 Å². The highest BCUT2D eigenvalue weighted by atomic mass is 16.8. The lowest BCUT2D eigenvalue weighted by atomic mass is 9.96. The number of carbonyl (C=O) groups excluding carboxylic acids is 1. The number of hydrogen-bond acceptors (Lipinski definition) is 18. The molecule has 3 rings (SSSR count). The van der Waals surface area contributed by atoms with Crippen LogP contribution in [-0.2, 0) is 33.2 Å². The fourth-order valence-electron chi connectivity index (χ4n) is 11.7. The van der Waals surface area contributed by atoms with Crippen molar-refractivity contribution in [2.45, 2.75) is 349 Å². The molecule has 0 spiro atoms. The summed E-state index contributed by atoms with van der Waals surface area (Å²) in [5.41, 5.74) is 0. The van der Waals surface area contributed by atoms with E-state index < -0.39 is 124 Å². The van der Waals surface area contributed by atoms with Gasteiger partial charge in [-0.3, -0.25) is 4.79 Å². The molecule has 0 aliphatic carbocycles. The van der Waals surface area contributed by atoms with Gasteiger partial charge < -0.3 is 89.9 Å². The van der Waals surface area contributed by atoms with E-state index in [0.717, 1.165) is 103 Å². The van der Waals surface area contributed by atoms with E-state index in [9.17, 15) is 61.0 Å². The fourth-order valence-corrected chi connectivity index (χ4v) is 11.7. The Bertz CT molecular complexity index is 1850. The summed E-state index contributed by atoms with van der Waals surface area (Å²) >= 11 is 0. The maximum absolute atomic E-state index is 13.4. The van der Waals surface area contributed by atoms with E-state index in [0.29, 0.717) is 12.8 Å². The molecular formula is C70H125NO18. The first-order chi connectivity index (χ1) is 43.3. The van der Waals surface area contributed by atoms with Crippen molar-refractivity contribution in [2.75, 3.05) is 26.4 Å². The Morgan fingerprint density at radius 1 is 0.416 bits per heavy atom. The molecule has 3 aliphatic heterocycles. The van der Waals surface area contributed by atoms with Gasteiger partial charge in [-0.15, -0.1) is 0 Å². The van der Waals surface area contributed by atoms with Crippen LogP contribution in [0.3, 0.4) is 0 Å². The number of carbonyl (C=O) groups is 1. The standard InChI is InChI=1S/C70H125NO18/c1-3-5-7-9-11-13-15-17-19-21-23-25-26-28-30-32-34-36-38-40-42-44-46-48-58(76)71-53(54(75)47-45-43-41-39-37-35-33-31-29-27-24-22-20-18-16-14-12-10-8-6-4-2)52-84-68-64(82)61(79)66(56(50-73)86-68)89-70-65(83)62(80)67(57(51-74)87-70)88-69-63(81)60(78)59(77)55(49-72)85-69/h5,7,11,13,17,19,23,25,28,30,53-57,59-70,72-75,77-83H,3-4,6,8-10,12,14-16,18,20-22,24,26-27,29,31-52H2,1-2H3,(H,71,76)/b7-5-,13-11-,19-17-,25-23-,30-28-. The van der Waals surface area contributed by atoms with E-state index in [-0.39, 0.29) is 18.9 Å². The van der Waals surface area contributed by atoms with Crippen LogP contribution in [0.4, 0.5) is 0 Å². The number of ether oxygens (including phenoxy) is 6. The number of aliphatic hydroxyl groups excluding tert-OH is 11. The molecule has 0 radical (unpaired) electrons. The molecule has 0 bridgehead atoms. The topological polar surface area (TPSA) is 307 Å². The molecule has 3 heterocycles. The number of hydrogen-bond donors (Lipinski definition) is 12. The molecule has 17 atom stereocenters. The van der Waals surface area contributed by atoms with Gasteiger partial charge in [0.25, 0.3) is 0 Å². The summed E-state index contributed by atoms with van der Waals surface area (Å²) in [6.45, 7) is 1.69. The lowest BCUT2D eigenvalue weighted by Crippen LogP contribution is -2.66. The lowest BCUT2D eigenvalue weighted by molar-refractivity contribution is -0.379. The van der Waals surface area contributed by atoms with Gasteiger partial charge in [0, 0.05) is 6.42 Å². The molecule has 518 valence electrons. The van der Waals surface area contributed by atoms with Crippen molar-refractivity contribution < 1.29 is 89.4 Å². The molecule has 0 aromatic carbocycles. The van der Waals surface area contributed by atoms with E-state index in [1.807, 2.05) is 0 Å². The molecule has 0 aromatic rings. The van der Waals surface area contributed by atoms with E-state index >= 15 is 0 Å². The van der Waals surface area contributed by atoms with Crippen LogP contribution >= 0.6 is 0 Å². The average molecular weight is 1270 g/mol. The second kappa shape index (κ2) is 51.8. The summed E-state index contributed by atoms with van der Waals surface area (Å²) in [4.78, 5) is 13.4. The van der Waals surface area contributed by atoms with E-state index in [1.165, 1.54) is 109 Å². The maximum Gasteiger partial charge on any atom is 0.220 e. The molecule has 19 nitrogen and oxygen atoms in total. The van der Waals surface area contributed by atoms with Crippen LogP contribution in [0.5, 0.6) is 0 Å². The number of nitrogens with one attached hydrogen (secondary N) is 1. The first kappa shape index (κ1) is 80.7. The summed E-state index contributed by atoms with van der Waals surface area (Å²) < 4.78 is 34.4. The zero-order chi connectivity index (χ0) is 64.7. The predicted molar refractivity (Wildman–Crippen MR) is 346 cm³/mol. The first-order valence-electron chi connectivity index (χ1n) is 35.0. The largest absolute Gasteiger partial charge is 0.394 e. The summed E-state index contributed by atoms with van der Waals surface area (Å²) in [5.74, 6) is -0.254. The Hall–Kier alpha value is -2.51. The molecule has 12 N–H and O–H groups in total. The Morgan fingerprint density at radius 3 is 1.21 bits per heavy atom. The van der Waals surface area contributed by atoms with Gasteiger partial charge in [-0.1, -0.05) is 242 Å². The summed E-state index contributed by atoms with van der Waals surface area (Å²) in [7, 11) is 0. The molecule has 3 fully saturated rings. The molecule has 3 saturated heterocycles. The Kier molecular flexibility index (Phi) is 47.0. The van der Waals surface area contributed by atoms with Crippen molar-refractivity contribution in [2.24, 2.45) is 0 Å². The maximum atomic E-state index is 13.4. The van der Waals surface area contributed by atoms with Crippen LogP contribution in [0.1, 0.15) is 245 Å². The zero-order valence-corrected chi connectivity index (χ0v) is 54.6. The highest BCUT2D eigenvalue weighted by molar-refractivity contribution is 5.76. The first-order valence-corrected chi connectivity index (χ1v) is 35.0. The van der Waals surface area contributed by atoms with Crippen LogP contribution < -0.4 is 5.32 Å². The highest BCUT2D eigenvalue weighted by Crippen LogP contribution is 2.33. The zero-order valence-electron chi connectivity index (χ0n) is 54.6. The Balaban J connectivity index is 1.44. The van der Waals surface area contributed by atoms with Crippen LogP contribution in [0.15, 0.2) is 60.8 Å². The third-order valence-electron chi connectivity index (χ3n) is 17.4. The van der Waals surface area contributed by atoms with Gasteiger partial charge in [0.1, 0.15) is 73.2 Å². The van der Waals surface area contributed by atoms with Gasteiger partial charge in [-0.05, 0) is 57.8 Å². The summed E-state index contributed by atoms with van der Waals surface area (Å²) in [5, 5.41) is 121.